The predicted molar refractivity (Wildman–Crippen MR) is 75.9 cm³/mol. The molecule has 0 heterocycles. The van der Waals surface area contributed by atoms with Crippen LogP contribution >= 0.6 is 12.4 Å². The van der Waals surface area contributed by atoms with Crippen LogP contribution in [-0.2, 0) is 9.53 Å². The fourth-order valence-electron chi connectivity index (χ4n) is 2.49. The quantitative estimate of drug-likeness (QED) is 0.754. The highest BCUT2D eigenvalue weighted by atomic mass is 35.5. The van der Waals surface area contributed by atoms with Gasteiger partial charge in [-0.2, -0.15) is 0 Å². The van der Waals surface area contributed by atoms with Crippen molar-refractivity contribution in [3.05, 3.63) is 0 Å². The van der Waals surface area contributed by atoms with Crippen molar-refractivity contribution in [2.45, 2.75) is 52.2 Å². The summed E-state index contributed by atoms with van der Waals surface area (Å²) in [5.41, 5.74) is 5.42. The van der Waals surface area contributed by atoms with Gasteiger partial charge in [0.05, 0.1) is 12.6 Å². The maximum Gasteiger partial charge on any atom is 0.236 e. The number of unbranched alkanes of at least 4 members (excludes halogenated alkanes) is 1. The summed E-state index contributed by atoms with van der Waals surface area (Å²) in [6.45, 7) is 7.40. The molecule has 1 amide bonds. The molecule has 0 aliphatic heterocycles. The fraction of sp³-hybridized carbons (Fsp3) is 0.923. The summed E-state index contributed by atoms with van der Waals surface area (Å²) in [6.07, 6.45) is 3.46. The van der Waals surface area contributed by atoms with E-state index in [-0.39, 0.29) is 42.4 Å². The number of rotatable bonds is 6. The van der Waals surface area contributed by atoms with E-state index < -0.39 is 0 Å². The van der Waals surface area contributed by atoms with Crippen LogP contribution in [0.2, 0.25) is 0 Å². The molecule has 1 aliphatic rings. The van der Waals surface area contributed by atoms with Crippen molar-refractivity contribution in [1.82, 2.24) is 4.90 Å². The third-order valence-corrected chi connectivity index (χ3v) is 3.98. The smallest absolute Gasteiger partial charge is 0.236 e. The summed E-state index contributed by atoms with van der Waals surface area (Å²) in [7, 11) is 1.84. The predicted octanol–water partition coefficient (Wildman–Crippen LogP) is 1.81. The van der Waals surface area contributed by atoms with Gasteiger partial charge < -0.3 is 15.4 Å². The van der Waals surface area contributed by atoms with E-state index in [1.165, 1.54) is 0 Å². The number of carbonyl (C=O) groups is 1. The highest BCUT2D eigenvalue weighted by molar-refractivity contribution is 5.85. The molecule has 1 aliphatic carbocycles. The summed E-state index contributed by atoms with van der Waals surface area (Å²) >= 11 is 0. The van der Waals surface area contributed by atoms with Gasteiger partial charge in [0.2, 0.25) is 5.91 Å². The largest absolute Gasteiger partial charge is 0.378 e. The normalized spacial score (nSPS) is 24.9. The lowest BCUT2D eigenvalue weighted by Crippen LogP contribution is -2.63. The molecule has 108 valence electrons. The van der Waals surface area contributed by atoms with Gasteiger partial charge >= 0.3 is 0 Å². The number of likely N-dealkylation sites (N-methyl/N-ethyl adjacent to an activating group) is 1. The number of nitrogens with two attached hydrogens (primary N) is 1. The summed E-state index contributed by atoms with van der Waals surface area (Å²) in [5, 5.41) is 0. The number of hydrogen-bond donors (Lipinski definition) is 1. The molecule has 1 rings (SSSR count). The molecule has 1 saturated carbocycles. The van der Waals surface area contributed by atoms with Crippen molar-refractivity contribution >= 4 is 18.3 Å². The van der Waals surface area contributed by atoms with Gasteiger partial charge in [-0.25, -0.2) is 0 Å². The molecule has 0 bridgehead atoms. The second kappa shape index (κ2) is 7.31. The first-order chi connectivity index (χ1) is 7.95. The van der Waals surface area contributed by atoms with Crippen LogP contribution in [0, 0.1) is 5.41 Å². The van der Waals surface area contributed by atoms with E-state index in [0.717, 1.165) is 25.9 Å². The van der Waals surface area contributed by atoms with Crippen molar-refractivity contribution < 1.29 is 9.53 Å². The second-order valence-corrected chi connectivity index (χ2v) is 5.49. The van der Waals surface area contributed by atoms with Crippen LogP contribution in [-0.4, -0.2) is 43.2 Å². The molecule has 0 aromatic rings. The third-order valence-electron chi connectivity index (χ3n) is 3.98. The van der Waals surface area contributed by atoms with E-state index in [4.69, 9.17) is 10.5 Å². The zero-order valence-corrected chi connectivity index (χ0v) is 12.8. The van der Waals surface area contributed by atoms with Gasteiger partial charge in [-0.15, -0.1) is 12.4 Å². The van der Waals surface area contributed by atoms with Crippen LogP contribution < -0.4 is 5.73 Å². The number of nitrogens with zero attached hydrogens (tertiary/aromatic N) is 1. The Labute approximate surface area is 117 Å². The number of halogens is 1. The van der Waals surface area contributed by atoms with E-state index in [2.05, 4.69) is 20.8 Å². The molecule has 0 spiro atoms. The van der Waals surface area contributed by atoms with Crippen LogP contribution in [0.15, 0.2) is 0 Å². The number of ether oxygens (including phenoxy) is 1. The van der Waals surface area contributed by atoms with E-state index in [1.54, 1.807) is 4.90 Å². The van der Waals surface area contributed by atoms with Crippen LogP contribution in [0.4, 0.5) is 0 Å². The van der Waals surface area contributed by atoms with Gasteiger partial charge in [0.25, 0.3) is 0 Å². The molecule has 18 heavy (non-hydrogen) atoms. The molecule has 5 heteroatoms. The molecule has 2 unspecified atom stereocenters. The minimum atomic E-state index is 0. The number of hydrogen-bond acceptors (Lipinski definition) is 3. The summed E-state index contributed by atoms with van der Waals surface area (Å²) < 4.78 is 5.86. The first-order valence-electron chi connectivity index (χ1n) is 6.52. The molecule has 2 atom stereocenters. The van der Waals surface area contributed by atoms with E-state index in [0.29, 0.717) is 0 Å². The lowest BCUT2D eigenvalue weighted by Gasteiger charge is -2.54. The van der Waals surface area contributed by atoms with Crippen LogP contribution in [0.5, 0.6) is 0 Å². The van der Waals surface area contributed by atoms with Crippen molar-refractivity contribution in [3.63, 3.8) is 0 Å². The van der Waals surface area contributed by atoms with Crippen molar-refractivity contribution in [1.29, 1.82) is 0 Å². The Morgan fingerprint density at radius 2 is 2.11 bits per heavy atom. The molecule has 4 nitrogen and oxygen atoms in total. The van der Waals surface area contributed by atoms with Crippen LogP contribution in [0.25, 0.3) is 0 Å². The van der Waals surface area contributed by atoms with Crippen molar-refractivity contribution in [3.8, 4) is 0 Å². The van der Waals surface area contributed by atoms with E-state index in [1.807, 2.05) is 7.05 Å². The Bertz CT molecular complexity index is 272. The summed E-state index contributed by atoms with van der Waals surface area (Å²) in [6, 6.07) is 0.255. The Morgan fingerprint density at radius 3 is 2.56 bits per heavy atom. The van der Waals surface area contributed by atoms with Crippen LogP contribution in [0.3, 0.4) is 0 Å². The standard InChI is InChI=1S/C13H26N2O2.ClH/c1-5-6-7-17-11-8-10(13(11,2)3)15(4)12(16)9-14;/h10-11H,5-9,14H2,1-4H3;1H. The second-order valence-electron chi connectivity index (χ2n) is 5.49. The minimum Gasteiger partial charge on any atom is -0.378 e. The highest BCUT2D eigenvalue weighted by Crippen LogP contribution is 2.45. The number of amides is 1. The minimum absolute atomic E-state index is 0. The van der Waals surface area contributed by atoms with E-state index in [9.17, 15) is 4.79 Å². The first-order valence-corrected chi connectivity index (χ1v) is 6.52. The molecule has 0 aromatic heterocycles. The zero-order chi connectivity index (χ0) is 13.1. The molecular formula is C13H27ClN2O2. The van der Waals surface area contributed by atoms with Crippen molar-refractivity contribution in [2.24, 2.45) is 11.1 Å². The lowest BCUT2D eigenvalue weighted by atomic mass is 9.64. The molecule has 2 N–H and O–H groups in total. The van der Waals surface area contributed by atoms with Gasteiger partial charge in [0.1, 0.15) is 0 Å². The number of carbonyl (C=O) groups excluding carboxylic acids is 1. The molecule has 0 saturated heterocycles. The van der Waals surface area contributed by atoms with Crippen molar-refractivity contribution in [2.75, 3.05) is 20.2 Å². The summed E-state index contributed by atoms with van der Waals surface area (Å²) in [5.74, 6) is 0.00934. The maximum absolute atomic E-state index is 11.6. The maximum atomic E-state index is 11.6. The third kappa shape index (κ3) is 3.59. The first kappa shape index (κ1) is 17.7. The van der Waals surface area contributed by atoms with Gasteiger partial charge in [-0.05, 0) is 12.8 Å². The fourth-order valence-corrected chi connectivity index (χ4v) is 2.49. The highest BCUT2D eigenvalue weighted by Gasteiger charge is 2.51. The lowest BCUT2D eigenvalue weighted by molar-refractivity contribution is -0.163. The van der Waals surface area contributed by atoms with Gasteiger partial charge in [-0.1, -0.05) is 27.2 Å². The Balaban J connectivity index is 0.00000289. The summed E-state index contributed by atoms with van der Waals surface area (Å²) in [4.78, 5) is 13.3. The Morgan fingerprint density at radius 1 is 1.50 bits per heavy atom. The van der Waals surface area contributed by atoms with Crippen LogP contribution in [0.1, 0.15) is 40.0 Å². The SMILES string of the molecule is CCCCOC1CC(N(C)C(=O)CN)C1(C)C.Cl. The van der Waals surface area contributed by atoms with Gasteiger partial charge in [-0.3, -0.25) is 4.79 Å². The van der Waals surface area contributed by atoms with Gasteiger partial charge in [0.15, 0.2) is 0 Å². The molecule has 0 radical (unpaired) electrons. The topological polar surface area (TPSA) is 55.6 Å². The molecule has 1 fully saturated rings. The Hall–Kier alpha value is -0.320. The molecule has 0 aromatic carbocycles. The monoisotopic (exact) mass is 278 g/mol. The Kier molecular flexibility index (Phi) is 7.18. The zero-order valence-electron chi connectivity index (χ0n) is 11.9. The van der Waals surface area contributed by atoms with E-state index >= 15 is 0 Å². The average molecular weight is 279 g/mol. The average Bonchev–Trinajstić information content (AvgIpc) is 2.31. The van der Waals surface area contributed by atoms with Gasteiger partial charge in [0, 0.05) is 25.1 Å². The molecular weight excluding hydrogens is 252 g/mol.